The maximum atomic E-state index is 4.23. The second-order valence-electron chi connectivity index (χ2n) is 3.18. The molecule has 0 atom stereocenters. The molecule has 66 valence electrons. The van der Waals surface area contributed by atoms with Gasteiger partial charge in [-0.05, 0) is 6.92 Å². The number of hydrogen-bond donors (Lipinski definition) is 1. The average molecular weight is 165 g/mol. The molecule has 1 aromatic heterocycles. The molecule has 3 heteroatoms. The van der Waals surface area contributed by atoms with E-state index in [0.29, 0.717) is 6.04 Å². The van der Waals surface area contributed by atoms with Gasteiger partial charge in [0.25, 0.3) is 0 Å². The van der Waals surface area contributed by atoms with Crippen LogP contribution in [-0.2, 0) is 6.54 Å². The normalized spacial score (nSPS) is 10.7. The molecule has 1 aromatic rings. The van der Waals surface area contributed by atoms with Crippen LogP contribution >= 0.6 is 0 Å². The van der Waals surface area contributed by atoms with Gasteiger partial charge in [0.15, 0.2) is 0 Å². The van der Waals surface area contributed by atoms with Crippen LogP contribution in [0.3, 0.4) is 0 Å². The SMILES string of the molecule is Cc1cnc(CNC(C)C)cn1. The molecule has 0 saturated heterocycles. The molecule has 0 radical (unpaired) electrons. The average Bonchev–Trinajstić information content (AvgIpc) is 2.03. The molecule has 0 amide bonds. The van der Waals surface area contributed by atoms with Gasteiger partial charge in [0, 0.05) is 25.0 Å². The minimum Gasteiger partial charge on any atom is -0.309 e. The Morgan fingerprint density at radius 1 is 1.33 bits per heavy atom. The maximum Gasteiger partial charge on any atom is 0.0724 e. The Bertz CT molecular complexity index is 228. The van der Waals surface area contributed by atoms with Crippen molar-refractivity contribution in [2.24, 2.45) is 0 Å². The van der Waals surface area contributed by atoms with Crippen molar-refractivity contribution in [1.29, 1.82) is 0 Å². The van der Waals surface area contributed by atoms with Crippen molar-refractivity contribution in [3.8, 4) is 0 Å². The van der Waals surface area contributed by atoms with Gasteiger partial charge in [-0.1, -0.05) is 13.8 Å². The van der Waals surface area contributed by atoms with Crippen LogP contribution in [0.2, 0.25) is 0 Å². The van der Waals surface area contributed by atoms with E-state index in [1.54, 1.807) is 6.20 Å². The highest BCUT2D eigenvalue weighted by atomic mass is 14.9. The zero-order chi connectivity index (χ0) is 8.97. The summed E-state index contributed by atoms with van der Waals surface area (Å²) in [6.45, 7) is 6.96. The van der Waals surface area contributed by atoms with Crippen molar-refractivity contribution in [3.63, 3.8) is 0 Å². The van der Waals surface area contributed by atoms with Gasteiger partial charge in [0.05, 0.1) is 11.4 Å². The second kappa shape index (κ2) is 4.16. The van der Waals surface area contributed by atoms with Crippen LogP contribution in [0.15, 0.2) is 12.4 Å². The number of hydrogen-bond acceptors (Lipinski definition) is 3. The zero-order valence-electron chi connectivity index (χ0n) is 7.83. The van der Waals surface area contributed by atoms with E-state index in [-0.39, 0.29) is 0 Å². The van der Waals surface area contributed by atoms with Crippen LogP contribution < -0.4 is 5.32 Å². The van der Waals surface area contributed by atoms with Crippen molar-refractivity contribution in [3.05, 3.63) is 23.8 Å². The predicted octanol–water partition coefficient (Wildman–Crippen LogP) is 1.28. The second-order valence-corrected chi connectivity index (χ2v) is 3.18. The fourth-order valence-corrected chi connectivity index (χ4v) is 0.819. The van der Waals surface area contributed by atoms with E-state index in [2.05, 4.69) is 29.1 Å². The maximum absolute atomic E-state index is 4.23. The molecule has 0 unspecified atom stereocenters. The Kier molecular flexibility index (Phi) is 3.17. The molecule has 0 aliphatic rings. The lowest BCUT2D eigenvalue weighted by Gasteiger charge is -2.06. The third-order valence-electron chi connectivity index (χ3n) is 1.53. The third kappa shape index (κ3) is 2.96. The van der Waals surface area contributed by atoms with Gasteiger partial charge in [-0.15, -0.1) is 0 Å². The molecule has 0 saturated carbocycles. The molecule has 0 aromatic carbocycles. The van der Waals surface area contributed by atoms with Gasteiger partial charge < -0.3 is 5.32 Å². The Morgan fingerprint density at radius 3 is 2.58 bits per heavy atom. The summed E-state index contributed by atoms with van der Waals surface area (Å²) in [5.41, 5.74) is 1.96. The summed E-state index contributed by atoms with van der Waals surface area (Å²) in [4.78, 5) is 8.38. The molecule has 3 nitrogen and oxygen atoms in total. The fourth-order valence-electron chi connectivity index (χ4n) is 0.819. The number of rotatable bonds is 3. The molecular formula is C9H15N3. The predicted molar refractivity (Wildman–Crippen MR) is 48.7 cm³/mol. The highest BCUT2D eigenvalue weighted by molar-refractivity contribution is 5.00. The lowest BCUT2D eigenvalue weighted by Crippen LogP contribution is -2.22. The van der Waals surface area contributed by atoms with Crippen molar-refractivity contribution in [1.82, 2.24) is 15.3 Å². The number of aromatic nitrogens is 2. The van der Waals surface area contributed by atoms with E-state index in [4.69, 9.17) is 0 Å². The van der Waals surface area contributed by atoms with Crippen molar-refractivity contribution in [2.45, 2.75) is 33.4 Å². The molecule has 1 heterocycles. The highest BCUT2D eigenvalue weighted by Crippen LogP contribution is 1.93. The molecule has 0 fully saturated rings. The lowest BCUT2D eigenvalue weighted by molar-refractivity contribution is 0.580. The first kappa shape index (κ1) is 9.13. The summed E-state index contributed by atoms with van der Waals surface area (Å²) < 4.78 is 0. The van der Waals surface area contributed by atoms with E-state index < -0.39 is 0 Å². The van der Waals surface area contributed by atoms with Gasteiger partial charge in [0.1, 0.15) is 0 Å². The largest absolute Gasteiger partial charge is 0.309 e. The minimum absolute atomic E-state index is 0.494. The van der Waals surface area contributed by atoms with Crippen molar-refractivity contribution < 1.29 is 0 Å². The van der Waals surface area contributed by atoms with Crippen LogP contribution in [-0.4, -0.2) is 16.0 Å². The molecule has 0 aliphatic carbocycles. The van der Waals surface area contributed by atoms with Crippen LogP contribution in [0.25, 0.3) is 0 Å². The summed E-state index contributed by atoms with van der Waals surface area (Å²) in [5.74, 6) is 0. The molecule has 12 heavy (non-hydrogen) atoms. The molecule has 0 spiro atoms. The summed E-state index contributed by atoms with van der Waals surface area (Å²) in [6.07, 6.45) is 3.60. The first-order valence-corrected chi connectivity index (χ1v) is 4.19. The van der Waals surface area contributed by atoms with Crippen LogP contribution in [0, 0.1) is 6.92 Å². The minimum atomic E-state index is 0.494. The van der Waals surface area contributed by atoms with Gasteiger partial charge in [-0.2, -0.15) is 0 Å². The van der Waals surface area contributed by atoms with Crippen LogP contribution in [0.1, 0.15) is 25.2 Å². The Hall–Kier alpha value is -0.960. The van der Waals surface area contributed by atoms with E-state index in [1.165, 1.54) is 0 Å². The Labute approximate surface area is 73.2 Å². The standard InChI is InChI=1S/C9H15N3/c1-7(2)10-5-9-6-11-8(3)4-12-9/h4,6-7,10H,5H2,1-3H3. The smallest absolute Gasteiger partial charge is 0.0724 e. The van der Waals surface area contributed by atoms with E-state index in [1.807, 2.05) is 13.1 Å². The monoisotopic (exact) mass is 165 g/mol. The number of nitrogens with one attached hydrogen (secondary N) is 1. The lowest BCUT2D eigenvalue weighted by atomic mass is 10.3. The van der Waals surface area contributed by atoms with Gasteiger partial charge >= 0.3 is 0 Å². The summed E-state index contributed by atoms with van der Waals surface area (Å²) in [5, 5.41) is 3.28. The quantitative estimate of drug-likeness (QED) is 0.733. The van der Waals surface area contributed by atoms with Gasteiger partial charge in [0.2, 0.25) is 0 Å². The van der Waals surface area contributed by atoms with Crippen molar-refractivity contribution >= 4 is 0 Å². The summed E-state index contributed by atoms with van der Waals surface area (Å²) in [7, 11) is 0. The fraction of sp³-hybridized carbons (Fsp3) is 0.556. The number of nitrogens with zero attached hydrogens (tertiary/aromatic N) is 2. The summed E-state index contributed by atoms with van der Waals surface area (Å²) in [6, 6.07) is 0.494. The number of aryl methyl sites for hydroxylation is 1. The summed E-state index contributed by atoms with van der Waals surface area (Å²) >= 11 is 0. The first-order chi connectivity index (χ1) is 5.68. The molecule has 0 bridgehead atoms. The highest BCUT2D eigenvalue weighted by Gasteiger charge is 1.95. The van der Waals surface area contributed by atoms with E-state index in [0.717, 1.165) is 17.9 Å². The van der Waals surface area contributed by atoms with Crippen LogP contribution in [0.4, 0.5) is 0 Å². The van der Waals surface area contributed by atoms with E-state index in [9.17, 15) is 0 Å². The Morgan fingerprint density at radius 2 is 2.08 bits per heavy atom. The molecular weight excluding hydrogens is 150 g/mol. The van der Waals surface area contributed by atoms with Gasteiger partial charge in [-0.25, -0.2) is 0 Å². The third-order valence-corrected chi connectivity index (χ3v) is 1.53. The molecule has 1 rings (SSSR count). The Balaban J connectivity index is 2.48. The zero-order valence-corrected chi connectivity index (χ0v) is 7.83. The topological polar surface area (TPSA) is 37.8 Å². The van der Waals surface area contributed by atoms with Crippen LogP contribution in [0.5, 0.6) is 0 Å². The molecule has 1 N–H and O–H groups in total. The molecule has 0 aliphatic heterocycles. The van der Waals surface area contributed by atoms with E-state index >= 15 is 0 Å². The van der Waals surface area contributed by atoms with Crippen molar-refractivity contribution in [2.75, 3.05) is 0 Å². The first-order valence-electron chi connectivity index (χ1n) is 4.19. The van der Waals surface area contributed by atoms with Gasteiger partial charge in [-0.3, -0.25) is 9.97 Å².